The van der Waals surface area contributed by atoms with Gasteiger partial charge in [0, 0.05) is 42.5 Å². The molecule has 128 valence electrons. The Balaban J connectivity index is 1.74. The smallest absolute Gasteiger partial charge is 0.253 e. The van der Waals surface area contributed by atoms with Crippen LogP contribution < -0.4 is 4.74 Å². The Kier molecular flexibility index (Phi) is 4.60. The van der Waals surface area contributed by atoms with Crippen LogP contribution in [0.3, 0.4) is 0 Å². The lowest BCUT2D eigenvalue weighted by Crippen LogP contribution is -2.28. The molecule has 1 aliphatic heterocycles. The van der Waals surface area contributed by atoms with E-state index in [2.05, 4.69) is 30.3 Å². The summed E-state index contributed by atoms with van der Waals surface area (Å²) in [5.41, 5.74) is 1.89. The summed E-state index contributed by atoms with van der Waals surface area (Å²) in [7, 11) is 1.63. The highest BCUT2D eigenvalue weighted by Crippen LogP contribution is 2.30. The number of carbonyl (C=O) groups is 1. The molecule has 2 aromatic rings. The largest absolute Gasteiger partial charge is 0.497 e. The summed E-state index contributed by atoms with van der Waals surface area (Å²) < 4.78 is 7.43. The molecule has 5 nitrogen and oxygen atoms in total. The summed E-state index contributed by atoms with van der Waals surface area (Å²) in [5.74, 6) is 2.26. The molecule has 1 aromatic heterocycles. The number of rotatable bonds is 4. The predicted octanol–water partition coefficient (Wildman–Crippen LogP) is 3.41. The second kappa shape index (κ2) is 6.67. The number of aryl methyl sites for hydroxylation is 1. The molecule has 3 rings (SSSR count). The van der Waals surface area contributed by atoms with Crippen LogP contribution in [0.5, 0.6) is 5.75 Å². The van der Waals surface area contributed by atoms with E-state index in [1.807, 2.05) is 35.4 Å². The Morgan fingerprint density at radius 3 is 2.62 bits per heavy atom. The lowest BCUT2D eigenvalue weighted by atomic mass is 10.1. The van der Waals surface area contributed by atoms with E-state index in [1.54, 1.807) is 7.11 Å². The van der Waals surface area contributed by atoms with Gasteiger partial charge in [0.1, 0.15) is 11.6 Å². The van der Waals surface area contributed by atoms with Gasteiger partial charge in [-0.15, -0.1) is 0 Å². The summed E-state index contributed by atoms with van der Waals surface area (Å²) >= 11 is 0. The molecule has 1 atom stereocenters. The van der Waals surface area contributed by atoms with Crippen molar-refractivity contribution in [3.63, 3.8) is 0 Å². The fourth-order valence-corrected chi connectivity index (χ4v) is 3.51. The molecular formula is C19H25N3O2. The minimum absolute atomic E-state index is 0.0829. The van der Waals surface area contributed by atoms with E-state index < -0.39 is 0 Å². The number of methoxy groups -OCH3 is 1. The molecule has 24 heavy (non-hydrogen) atoms. The van der Waals surface area contributed by atoms with Gasteiger partial charge in [0.25, 0.3) is 5.91 Å². The number of ether oxygens (including phenoxy) is 1. The standard InChI is InChI=1S/C19H25N3O2/c1-13(2)22-14(3)11-20-18(22)16-9-10-21(12-16)19(23)15-5-7-17(24-4)8-6-15/h5-8,11,13,16H,9-10,12H2,1-4H3. The minimum Gasteiger partial charge on any atom is -0.497 e. The van der Waals surface area contributed by atoms with Gasteiger partial charge in [0.2, 0.25) is 0 Å². The third-order valence-electron chi connectivity index (χ3n) is 4.70. The van der Waals surface area contributed by atoms with Crippen LogP contribution in [-0.2, 0) is 0 Å². The molecule has 0 bridgehead atoms. The maximum Gasteiger partial charge on any atom is 0.253 e. The van der Waals surface area contributed by atoms with Crippen molar-refractivity contribution in [2.24, 2.45) is 0 Å². The molecular weight excluding hydrogens is 302 g/mol. The van der Waals surface area contributed by atoms with Gasteiger partial charge in [-0.25, -0.2) is 4.98 Å². The van der Waals surface area contributed by atoms with Crippen LogP contribution in [-0.4, -0.2) is 40.6 Å². The number of carbonyl (C=O) groups excluding carboxylic acids is 1. The van der Waals surface area contributed by atoms with Crippen molar-refractivity contribution >= 4 is 5.91 Å². The topological polar surface area (TPSA) is 47.4 Å². The molecule has 0 spiro atoms. The van der Waals surface area contributed by atoms with Crippen LogP contribution in [0.25, 0.3) is 0 Å². The number of likely N-dealkylation sites (tertiary alicyclic amines) is 1. The molecule has 5 heteroatoms. The van der Waals surface area contributed by atoms with Gasteiger partial charge in [-0.05, 0) is 51.5 Å². The lowest BCUT2D eigenvalue weighted by molar-refractivity contribution is 0.0790. The Labute approximate surface area is 143 Å². The Hall–Kier alpha value is -2.30. The number of hydrogen-bond acceptors (Lipinski definition) is 3. The molecule has 0 saturated carbocycles. The lowest BCUT2D eigenvalue weighted by Gasteiger charge is -2.19. The van der Waals surface area contributed by atoms with Crippen molar-refractivity contribution in [3.05, 3.63) is 47.5 Å². The number of benzene rings is 1. The number of aromatic nitrogens is 2. The molecule has 1 fully saturated rings. The quantitative estimate of drug-likeness (QED) is 0.864. The van der Waals surface area contributed by atoms with Crippen molar-refractivity contribution in [2.75, 3.05) is 20.2 Å². The van der Waals surface area contributed by atoms with Gasteiger partial charge >= 0.3 is 0 Å². The second-order valence-corrected chi connectivity index (χ2v) is 6.69. The first kappa shape index (κ1) is 16.6. The Morgan fingerprint density at radius 2 is 2.00 bits per heavy atom. The first-order valence-electron chi connectivity index (χ1n) is 8.48. The summed E-state index contributed by atoms with van der Waals surface area (Å²) in [4.78, 5) is 19.3. The van der Waals surface area contributed by atoms with Crippen molar-refractivity contribution in [3.8, 4) is 5.75 Å². The van der Waals surface area contributed by atoms with Gasteiger partial charge in [-0.3, -0.25) is 4.79 Å². The van der Waals surface area contributed by atoms with Gasteiger partial charge in [0.05, 0.1) is 7.11 Å². The normalized spacial score (nSPS) is 17.5. The molecule has 1 saturated heterocycles. The highest BCUT2D eigenvalue weighted by molar-refractivity contribution is 5.94. The average molecular weight is 327 g/mol. The summed E-state index contributed by atoms with van der Waals surface area (Å²) in [6.07, 6.45) is 2.90. The number of nitrogens with zero attached hydrogens (tertiary/aromatic N) is 3. The van der Waals surface area contributed by atoms with Crippen LogP contribution in [0.2, 0.25) is 0 Å². The monoisotopic (exact) mass is 327 g/mol. The van der Waals surface area contributed by atoms with Crippen LogP contribution >= 0.6 is 0 Å². The number of imidazole rings is 1. The van der Waals surface area contributed by atoms with Gasteiger partial charge in [-0.2, -0.15) is 0 Å². The van der Waals surface area contributed by atoms with E-state index in [1.165, 1.54) is 5.69 Å². The maximum atomic E-state index is 12.7. The van der Waals surface area contributed by atoms with Crippen LogP contribution in [0.1, 0.15) is 54.1 Å². The first-order chi connectivity index (χ1) is 11.5. The van der Waals surface area contributed by atoms with E-state index in [0.29, 0.717) is 17.5 Å². The molecule has 1 unspecified atom stereocenters. The van der Waals surface area contributed by atoms with E-state index >= 15 is 0 Å². The maximum absolute atomic E-state index is 12.7. The van der Waals surface area contributed by atoms with Crippen LogP contribution in [0, 0.1) is 6.92 Å². The fourth-order valence-electron chi connectivity index (χ4n) is 3.51. The Morgan fingerprint density at radius 1 is 1.29 bits per heavy atom. The van der Waals surface area contributed by atoms with Gasteiger partial charge < -0.3 is 14.2 Å². The zero-order valence-electron chi connectivity index (χ0n) is 14.8. The zero-order chi connectivity index (χ0) is 17.3. The Bertz CT molecular complexity index is 719. The fraction of sp³-hybridized carbons (Fsp3) is 0.474. The van der Waals surface area contributed by atoms with E-state index in [9.17, 15) is 4.79 Å². The predicted molar refractivity (Wildman–Crippen MR) is 93.6 cm³/mol. The van der Waals surface area contributed by atoms with Crippen molar-refractivity contribution < 1.29 is 9.53 Å². The third-order valence-corrected chi connectivity index (χ3v) is 4.70. The summed E-state index contributed by atoms with van der Waals surface area (Å²) in [6, 6.07) is 7.70. The SMILES string of the molecule is COc1ccc(C(=O)N2CCC(c3ncc(C)n3C(C)C)C2)cc1. The first-order valence-corrected chi connectivity index (χ1v) is 8.48. The number of amides is 1. The molecule has 0 radical (unpaired) electrons. The van der Waals surface area contributed by atoms with Crippen molar-refractivity contribution in [2.45, 2.75) is 39.2 Å². The molecule has 0 aliphatic carbocycles. The highest BCUT2D eigenvalue weighted by Gasteiger charge is 2.31. The van der Waals surface area contributed by atoms with E-state index in [-0.39, 0.29) is 5.91 Å². The summed E-state index contributed by atoms with van der Waals surface area (Å²) in [5, 5.41) is 0. The minimum atomic E-state index is 0.0829. The molecule has 1 aliphatic rings. The highest BCUT2D eigenvalue weighted by atomic mass is 16.5. The van der Waals surface area contributed by atoms with Crippen LogP contribution in [0.15, 0.2) is 30.5 Å². The average Bonchev–Trinajstić information content (AvgIpc) is 3.20. The van der Waals surface area contributed by atoms with E-state index in [0.717, 1.165) is 31.1 Å². The van der Waals surface area contributed by atoms with Crippen LogP contribution in [0.4, 0.5) is 0 Å². The zero-order valence-corrected chi connectivity index (χ0v) is 14.8. The molecule has 0 N–H and O–H groups in total. The van der Waals surface area contributed by atoms with Gasteiger partial charge in [0.15, 0.2) is 0 Å². The second-order valence-electron chi connectivity index (χ2n) is 6.69. The molecule has 2 heterocycles. The van der Waals surface area contributed by atoms with Crippen molar-refractivity contribution in [1.82, 2.24) is 14.5 Å². The number of hydrogen-bond donors (Lipinski definition) is 0. The van der Waals surface area contributed by atoms with Crippen molar-refractivity contribution in [1.29, 1.82) is 0 Å². The van der Waals surface area contributed by atoms with Gasteiger partial charge in [-0.1, -0.05) is 0 Å². The van der Waals surface area contributed by atoms with E-state index in [4.69, 9.17) is 4.74 Å². The molecule has 1 aromatic carbocycles. The third kappa shape index (κ3) is 3.03. The summed E-state index contributed by atoms with van der Waals surface area (Å²) in [6.45, 7) is 7.94. The molecule has 1 amide bonds.